The van der Waals surface area contributed by atoms with Crippen molar-refractivity contribution in [1.82, 2.24) is 0 Å². The molecule has 0 unspecified atom stereocenters. The Kier molecular flexibility index (Phi) is 4.53. The van der Waals surface area contributed by atoms with Crippen LogP contribution in [-0.4, -0.2) is 26.0 Å². The number of esters is 1. The number of hydrogen-bond acceptors (Lipinski definition) is 5. The molecule has 20 heavy (non-hydrogen) atoms. The van der Waals surface area contributed by atoms with Gasteiger partial charge in [0.2, 0.25) is 0 Å². The first-order chi connectivity index (χ1) is 9.69. The van der Waals surface area contributed by atoms with Crippen molar-refractivity contribution in [2.24, 2.45) is 0 Å². The van der Waals surface area contributed by atoms with Crippen LogP contribution in [0.4, 0.5) is 0 Å². The van der Waals surface area contributed by atoms with Gasteiger partial charge in [0.1, 0.15) is 11.3 Å². The summed E-state index contributed by atoms with van der Waals surface area (Å²) in [7, 11) is 1.33. The van der Waals surface area contributed by atoms with E-state index in [9.17, 15) is 9.59 Å². The van der Waals surface area contributed by atoms with E-state index >= 15 is 0 Å². The molecule has 5 heteroatoms. The largest absolute Gasteiger partial charge is 0.493 e. The zero-order valence-corrected chi connectivity index (χ0v) is 12.0. The van der Waals surface area contributed by atoms with Gasteiger partial charge < -0.3 is 9.47 Å². The first-order valence-corrected chi connectivity index (χ1v) is 6.91. The van der Waals surface area contributed by atoms with Gasteiger partial charge in [0.25, 0.3) is 0 Å². The second-order valence-electron chi connectivity index (χ2n) is 3.96. The molecule has 0 saturated heterocycles. The molecule has 0 aliphatic heterocycles. The van der Waals surface area contributed by atoms with E-state index in [1.807, 2.05) is 19.1 Å². The Morgan fingerprint density at radius 2 is 2.10 bits per heavy atom. The third kappa shape index (κ3) is 2.88. The highest BCUT2D eigenvalue weighted by Crippen LogP contribution is 2.31. The van der Waals surface area contributed by atoms with E-state index in [-0.39, 0.29) is 0 Å². The topological polar surface area (TPSA) is 52.6 Å². The number of benzene rings is 1. The van der Waals surface area contributed by atoms with Crippen LogP contribution in [0.15, 0.2) is 30.3 Å². The summed E-state index contributed by atoms with van der Waals surface area (Å²) in [5.74, 6) is 0.0535. The molecular formula is C15H14O4S. The molecule has 2 aromatic rings. The zero-order chi connectivity index (χ0) is 14.5. The van der Waals surface area contributed by atoms with Crippen LogP contribution < -0.4 is 4.74 Å². The number of ether oxygens (including phenoxy) is 2. The highest BCUT2D eigenvalue weighted by atomic mass is 32.1. The second kappa shape index (κ2) is 6.34. The Balaban J connectivity index is 2.45. The Labute approximate surface area is 121 Å². The molecule has 0 aliphatic rings. The van der Waals surface area contributed by atoms with Crippen LogP contribution in [0.2, 0.25) is 0 Å². The average molecular weight is 290 g/mol. The van der Waals surface area contributed by atoms with Crippen molar-refractivity contribution in [3.05, 3.63) is 40.8 Å². The average Bonchev–Trinajstić information content (AvgIpc) is 2.96. The van der Waals surface area contributed by atoms with E-state index < -0.39 is 5.97 Å². The highest BCUT2D eigenvalue weighted by molar-refractivity contribution is 7.17. The number of thiophene rings is 1. The Morgan fingerprint density at radius 1 is 1.30 bits per heavy atom. The van der Waals surface area contributed by atoms with Crippen molar-refractivity contribution in [1.29, 1.82) is 0 Å². The summed E-state index contributed by atoms with van der Waals surface area (Å²) < 4.78 is 10.2. The summed E-state index contributed by atoms with van der Waals surface area (Å²) in [6.07, 6.45) is 0.809. The van der Waals surface area contributed by atoms with Gasteiger partial charge in [0.05, 0.1) is 18.6 Å². The molecule has 0 fully saturated rings. The van der Waals surface area contributed by atoms with Crippen LogP contribution in [0.25, 0.3) is 10.4 Å². The van der Waals surface area contributed by atoms with Gasteiger partial charge >= 0.3 is 5.97 Å². The van der Waals surface area contributed by atoms with Gasteiger partial charge in [0, 0.05) is 4.88 Å². The molecule has 0 atom stereocenters. The minimum Gasteiger partial charge on any atom is -0.493 e. The summed E-state index contributed by atoms with van der Waals surface area (Å²) in [6.45, 7) is 2.32. The molecule has 0 bridgehead atoms. The van der Waals surface area contributed by atoms with Gasteiger partial charge in [-0.05, 0) is 42.8 Å². The van der Waals surface area contributed by atoms with E-state index in [1.165, 1.54) is 18.4 Å². The van der Waals surface area contributed by atoms with E-state index in [0.29, 0.717) is 22.8 Å². The highest BCUT2D eigenvalue weighted by Gasteiger charge is 2.15. The van der Waals surface area contributed by atoms with Gasteiger partial charge in [-0.15, -0.1) is 11.3 Å². The Bertz CT molecular complexity index is 631. The van der Waals surface area contributed by atoms with Crippen LogP contribution >= 0.6 is 11.3 Å². The maximum Gasteiger partial charge on any atom is 0.341 e. The molecule has 0 saturated carbocycles. The SMILES string of the molecule is CCOc1ccc(-c2ccc(C=O)s2)cc1C(=O)OC. The normalized spacial score (nSPS) is 10.1. The molecule has 1 heterocycles. The van der Waals surface area contributed by atoms with Crippen LogP contribution in [0, 0.1) is 0 Å². The molecule has 0 amide bonds. The molecule has 1 aromatic carbocycles. The maximum atomic E-state index is 11.8. The first kappa shape index (κ1) is 14.3. The summed E-state index contributed by atoms with van der Waals surface area (Å²) in [4.78, 5) is 24.1. The third-order valence-corrected chi connectivity index (χ3v) is 3.77. The lowest BCUT2D eigenvalue weighted by Crippen LogP contribution is -2.05. The minimum absolute atomic E-state index is 0.382. The summed E-state index contributed by atoms with van der Waals surface area (Å²) in [5.41, 5.74) is 1.24. The molecule has 4 nitrogen and oxygen atoms in total. The van der Waals surface area contributed by atoms with E-state index in [2.05, 4.69) is 0 Å². The molecule has 0 radical (unpaired) electrons. The summed E-state index contributed by atoms with van der Waals surface area (Å²) in [6, 6.07) is 8.92. The lowest BCUT2D eigenvalue weighted by Gasteiger charge is -2.10. The number of methoxy groups -OCH3 is 1. The molecule has 0 N–H and O–H groups in total. The smallest absolute Gasteiger partial charge is 0.341 e. The maximum absolute atomic E-state index is 11.8. The summed E-state index contributed by atoms with van der Waals surface area (Å²) >= 11 is 1.37. The quantitative estimate of drug-likeness (QED) is 0.625. The first-order valence-electron chi connectivity index (χ1n) is 6.10. The third-order valence-electron chi connectivity index (χ3n) is 2.71. The predicted molar refractivity (Wildman–Crippen MR) is 77.7 cm³/mol. The zero-order valence-electron chi connectivity index (χ0n) is 11.2. The fourth-order valence-electron chi connectivity index (χ4n) is 1.81. The van der Waals surface area contributed by atoms with E-state index in [0.717, 1.165) is 16.7 Å². The Morgan fingerprint density at radius 3 is 2.70 bits per heavy atom. The Hall–Kier alpha value is -2.14. The van der Waals surface area contributed by atoms with E-state index in [1.54, 1.807) is 18.2 Å². The van der Waals surface area contributed by atoms with Crippen LogP contribution in [0.1, 0.15) is 27.0 Å². The lowest BCUT2D eigenvalue weighted by atomic mass is 10.1. The van der Waals surface area contributed by atoms with Crippen molar-refractivity contribution in [2.45, 2.75) is 6.92 Å². The standard InChI is InChI=1S/C15H14O4S/c1-3-19-13-6-4-10(8-12(13)15(17)18-2)14-7-5-11(9-16)20-14/h4-9H,3H2,1-2H3. The van der Waals surface area contributed by atoms with Gasteiger partial charge in [-0.3, -0.25) is 4.79 Å². The number of aldehydes is 1. The van der Waals surface area contributed by atoms with Crippen molar-refractivity contribution in [2.75, 3.05) is 13.7 Å². The fraction of sp³-hybridized carbons (Fsp3) is 0.200. The molecule has 1 aromatic heterocycles. The number of carbonyl (C=O) groups is 2. The summed E-state index contributed by atoms with van der Waals surface area (Å²) in [5, 5.41) is 0. The predicted octanol–water partition coefficient (Wildman–Crippen LogP) is 3.41. The molecule has 104 valence electrons. The minimum atomic E-state index is -0.442. The van der Waals surface area contributed by atoms with Crippen molar-refractivity contribution < 1.29 is 19.1 Å². The van der Waals surface area contributed by atoms with Crippen molar-refractivity contribution in [3.63, 3.8) is 0 Å². The molecule has 0 spiro atoms. The monoisotopic (exact) mass is 290 g/mol. The van der Waals surface area contributed by atoms with Crippen LogP contribution in [0.3, 0.4) is 0 Å². The fourth-order valence-corrected chi connectivity index (χ4v) is 2.62. The molecule has 2 rings (SSSR count). The number of rotatable bonds is 5. The number of hydrogen-bond donors (Lipinski definition) is 0. The van der Waals surface area contributed by atoms with Crippen LogP contribution in [-0.2, 0) is 4.74 Å². The number of carbonyl (C=O) groups excluding carboxylic acids is 2. The second-order valence-corrected chi connectivity index (χ2v) is 5.07. The van der Waals surface area contributed by atoms with E-state index in [4.69, 9.17) is 9.47 Å². The van der Waals surface area contributed by atoms with Crippen molar-refractivity contribution >= 4 is 23.6 Å². The van der Waals surface area contributed by atoms with Gasteiger partial charge in [-0.1, -0.05) is 0 Å². The van der Waals surface area contributed by atoms with Gasteiger partial charge in [-0.2, -0.15) is 0 Å². The van der Waals surface area contributed by atoms with Crippen molar-refractivity contribution in [3.8, 4) is 16.2 Å². The molecular weight excluding hydrogens is 276 g/mol. The molecule has 0 aliphatic carbocycles. The van der Waals surface area contributed by atoms with Gasteiger partial charge in [-0.25, -0.2) is 4.79 Å². The van der Waals surface area contributed by atoms with Gasteiger partial charge in [0.15, 0.2) is 6.29 Å². The lowest BCUT2D eigenvalue weighted by molar-refractivity contribution is 0.0596. The van der Waals surface area contributed by atoms with Crippen LogP contribution in [0.5, 0.6) is 5.75 Å².